The Morgan fingerprint density at radius 2 is 2.29 bits per heavy atom. The highest BCUT2D eigenvalue weighted by Crippen LogP contribution is 2.21. The molecule has 0 unspecified atom stereocenters. The Morgan fingerprint density at radius 1 is 1.50 bits per heavy atom. The first-order valence-electron chi connectivity index (χ1n) is 4.25. The number of ether oxygens (including phenoxy) is 1. The number of H-pyrrole nitrogens is 1. The van der Waals surface area contributed by atoms with Crippen molar-refractivity contribution in [2.45, 2.75) is 6.92 Å². The topological polar surface area (TPSA) is 55.0 Å². The molecule has 0 saturated heterocycles. The summed E-state index contributed by atoms with van der Waals surface area (Å²) < 4.78 is 5.07. The molecule has 0 radical (unpaired) electrons. The number of Topliss-reactive ketones (excluding diaryl/α,β-unsaturated/α-hetero) is 1. The van der Waals surface area contributed by atoms with Crippen molar-refractivity contribution in [1.82, 2.24) is 10.2 Å². The van der Waals surface area contributed by atoms with E-state index in [-0.39, 0.29) is 5.78 Å². The van der Waals surface area contributed by atoms with E-state index >= 15 is 0 Å². The van der Waals surface area contributed by atoms with Crippen molar-refractivity contribution in [3.63, 3.8) is 0 Å². The van der Waals surface area contributed by atoms with E-state index in [0.717, 1.165) is 16.7 Å². The summed E-state index contributed by atoms with van der Waals surface area (Å²) in [6.45, 7) is 1.50. The fourth-order valence-electron chi connectivity index (χ4n) is 1.39. The zero-order chi connectivity index (χ0) is 10.1. The van der Waals surface area contributed by atoms with E-state index in [1.54, 1.807) is 13.2 Å². The molecule has 14 heavy (non-hydrogen) atoms. The predicted octanol–water partition coefficient (Wildman–Crippen LogP) is 1.77. The highest BCUT2D eigenvalue weighted by atomic mass is 16.5. The lowest BCUT2D eigenvalue weighted by Gasteiger charge is -1.98. The molecule has 1 aromatic carbocycles. The van der Waals surface area contributed by atoms with Crippen LogP contribution in [0.2, 0.25) is 0 Å². The fraction of sp³-hybridized carbons (Fsp3) is 0.200. The molecule has 4 heteroatoms. The van der Waals surface area contributed by atoms with Crippen LogP contribution in [0.25, 0.3) is 10.9 Å². The van der Waals surface area contributed by atoms with Crippen molar-refractivity contribution in [3.8, 4) is 5.75 Å². The molecule has 0 aliphatic rings. The molecule has 1 heterocycles. The van der Waals surface area contributed by atoms with Crippen LogP contribution in [0, 0.1) is 0 Å². The van der Waals surface area contributed by atoms with Crippen LogP contribution < -0.4 is 4.74 Å². The maximum Gasteiger partial charge on any atom is 0.180 e. The Hall–Kier alpha value is -1.84. The number of rotatable bonds is 2. The molecule has 2 rings (SSSR count). The average Bonchev–Trinajstić information content (AvgIpc) is 2.59. The second-order valence-corrected chi connectivity index (χ2v) is 3.04. The van der Waals surface area contributed by atoms with E-state index in [0.29, 0.717) is 5.69 Å². The Kier molecular flexibility index (Phi) is 1.96. The molecule has 0 fully saturated rings. The molecule has 1 N–H and O–H groups in total. The number of aromatic nitrogens is 2. The number of carbonyl (C=O) groups excluding carboxylic acids is 1. The Morgan fingerprint density at radius 3 is 2.93 bits per heavy atom. The summed E-state index contributed by atoms with van der Waals surface area (Å²) in [6, 6.07) is 5.47. The number of hydrogen-bond acceptors (Lipinski definition) is 3. The lowest BCUT2D eigenvalue weighted by atomic mass is 10.1. The van der Waals surface area contributed by atoms with Crippen LogP contribution in [-0.4, -0.2) is 23.1 Å². The van der Waals surface area contributed by atoms with Gasteiger partial charge < -0.3 is 4.74 Å². The highest BCUT2D eigenvalue weighted by Gasteiger charge is 2.10. The third-order valence-corrected chi connectivity index (χ3v) is 2.10. The molecule has 0 atom stereocenters. The minimum absolute atomic E-state index is 0.0514. The van der Waals surface area contributed by atoms with Crippen molar-refractivity contribution >= 4 is 16.7 Å². The van der Waals surface area contributed by atoms with Gasteiger partial charge in [-0.3, -0.25) is 9.89 Å². The van der Waals surface area contributed by atoms with Crippen molar-refractivity contribution in [2.75, 3.05) is 7.11 Å². The molecular weight excluding hydrogens is 180 g/mol. The molecule has 0 spiro atoms. The Labute approximate surface area is 80.9 Å². The largest absolute Gasteiger partial charge is 0.497 e. The van der Waals surface area contributed by atoms with E-state index in [1.165, 1.54) is 6.92 Å². The zero-order valence-electron chi connectivity index (χ0n) is 8.00. The van der Waals surface area contributed by atoms with Crippen LogP contribution in [0.1, 0.15) is 17.4 Å². The summed E-state index contributed by atoms with van der Waals surface area (Å²) in [5.41, 5.74) is 1.30. The number of nitrogens with zero attached hydrogens (tertiary/aromatic N) is 1. The molecule has 0 amide bonds. The van der Waals surface area contributed by atoms with E-state index in [9.17, 15) is 4.79 Å². The Bertz CT molecular complexity index is 488. The molecule has 2 aromatic rings. The van der Waals surface area contributed by atoms with E-state index in [4.69, 9.17) is 4.74 Å². The number of nitrogens with one attached hydrogen (secondary N) is 1. The van der Waals surface area contributed by atoms with Crippen LogP contribution in [0.4, 0.5) is 0 Å². The summed E-state index contributed by atoms with van der Waals surface area (Å²) in [4.78, 5) is 11.2. The number of methoxy groups -OCH3 is 1. The van der Waals surface area contributed by atoms with Crippen LogP contribution in [0.5, 0.6) is 5.75 Å². The molecule has 0 saturated carbocycles. The fourth-order valence-corrected chi connectivity index (χ4v) is 1.39. The van der Waals surface area contributed by atoms with Gasteiger partial charge in [-0.05, 0) is 18.2 Å². The number of ketones is 1. The smallest absolute Gasteiger partial charge is 0.180 e. The molecule has 72 valence electrons. The SMILES string of the molecule is COc1ccc2[nH]nc(C(C)=O)c2c1. The first-order valence-corrected chi connectivity index (χ1v) is 4.25. The van der Waals surface area contributed by atoms with E-state index < -0.39 is 0 Å². The third kappa shape index (κ3) is 1.25. The van der Waals surface area contributed by atoms with Gasteiger partial charge in [0.05, 0.1) is 12.6 Å². The summed E-state index contributed by atoms with van der Waals surface area (Å²) in [5, 5.41) is 7.54. The molecule has 0 aliphatic carbocycles. The minimum atomic E-state index is -0.0514. The van der Waals surface area contributed by atoms with Crippen molar-refractivity contribution in [2.24, 2.45) is 0 Å². The van der Waals surface area contributed by atoms with Gasteiger partial charge in [0.2, 0.25) is 0 Å². The summed E-state index contributed by atoms with van der Waals surface area (Å²) in [7, 11) is 1.59. The van der Waals surface area contributed by atoms with Gasteiger partial charge in [0, 0.05) is 12.3 Å². The number of carbonyl (C=O) groups is 1. The summed E-state index contributed by atoms with van der Waals surface area (Å²) >= 11 is 0. The lowest BCUT2D eigenvalue weighted by molar-refractivity contribution is 0.101. The van der Waals surface area contributed by atoms with Crippen LogP contribution in [-0.2, 0) is 0 Å². The van der Waals surface area contributed by atoms with E-state index in [2.05, 4.69) is 10.2 Å². The zero-order valence-corrected chi connectivity index (χ0v) is 8.00. The van der Waals surface area contributed by atoms with Gasteiger partial charge in [-0.25, -0.2) is 0 Å². The van der Waals surface area contributed by atoms with Crippen LogP contribution in [0.3, 0.4) is 0 Å². The van der Waals surface area contributed by atoms with Gasteiger partial charge in [-0.1, -0.05) is 0 Å². The van der Waals surface area contributed by atoms with Gasteiger partial charge in [-0.15, -0.1) is 0 Å². The van der Waals surface area contributed by atoms with Crippen LogP contribution >= 0.6 is 0 Å². The average molecular weight is 190 g/mol. The van der Waals surface area contributed by atoms with Gasteiger partial charge in [0.1, 0.15) is 11.4 Å². The first kappa shape index (κ1) is 8.74. The van der Waals surface area contributed by atoms with Gasteiger partial charge >= 0.3 is 0 Å². The minimum Gasteiger partial charge on any atom is -0.497 e. The standard InChI is InChI=1S/C10H10N2O2/c1-6(13)10-8-5-7(14-2)3-4-9(8)11-12-10/h3-5H,1-2H3,(H,11,12). The summed E-state index contributed by atoms with van der Waals surface area (Å²) in [6.07, 6.45) is 0. The van der Waals surface area contributed by atoms with Crippen LogP contribution in [0.15, 0.2) is 18.2 Å². The normalized spacial score (nSPS) is 10.4. The quantitative estimate of drug-likeness (QED) is 0.734. The predicted molar refractivity (Wildman–Crippen MR) is 52.7 cm³/mol. The second-order valence-electron chi connectivity index (χ2n) is 3.04. The number of benzene rings is 1. The highest BCUT2D eigenvalue weighted by molar-refractivity contribution is 6.04. The monoisotopic (exact) mass is 190 g/mol. The molecular formula is C10H10N2O2. The van der Waals surface area contributed by atoms with Gasteiger partial charge in [0.15, 0.2) is 5.78 Å². The maximum absolute atomic E-state index is 11.2. The van der Waals surface area contributed by atoms with Crippen molar-refractivity contribution in [3.05, 3.63) is 23.9 Å². The number of fused-ring (bicyclic) bond motifs is 1. The summed E-state index contributed by atoms with van der Waals surface area (Å²) in [5.74, 6) is 0.672. The van der Waals surface area contributed by atoms with E-state index in [1.807, 2.05) is 12.1 Å². The molecule has 0 aliphatic heterocycles. The molecule has 4 nitrogen and oxygen atoms in total. The van der Waals surface area contributed by atoms with Crippen molar-refractivity contribution < 1.29 is 9.53 Å². The maximum atomic E-state index is 11.2. The van der Waals surface area contributed by atoms with Gasteiger partial charge in [0.25, 0.3) is 0 Å². The second kappa shape index (κ2) is 3.14. The Balaban J connectivity index is 2.69. The lowest BCUT2D eigenvalue weighted by Crippen LogP contribution is -1.92. The number of hydrogen-bond donors (Lipinski definition) is 1. The molecule has 0 bridgehead atoms. The molecule has 1 aromatic heterocycles. The van der Waals surface area contributed by atoms with Crippen molar-refractivity contribution in [1.29, 1.82) is 0 Å². The van der Waals surface area contributed by atoms with Gasteiger partial charge in [-0.2, -0.15) is 5.10 Å². The first-order chi connectivity index (χ1) is 6.72. The number of aromatic amines is 1. The third-order valence-electron chi connectivity index (χ3n) is 2.10.